The van der Waals surface area contributed by atoms with E-state index in [9.17, 15) is 0 Å². The third kappa shape index (κ3) is 2.79. The second kappa shape index (κ2) is 6.63. The molecule has 0 spiro atoms. The van der Waals surface area contributed by atoms with Gasteiger partial charge >= 0.3 is 0 Å². The van der Waals surface area contributed by atoms with E-state index in [0.29, 0.717) is 0 Å². The predicted molar refractivity (Wildman–Crippen MR) is 108 cm³/mol. The van der Waals surface area contributed by atoms with Gasteiger partial charge in [0.1, 0.15) is 17.0 Å². The summed E-state index contributed by atoms with van der Waals surface area (Å²) >= 11 is 1.88. The van der Waals surface area contributed by atoms with Crippen molar-refractivity contribution in [3.05, 3.63) is 52.2 Å². The lowest BCUT2D eigenvalue weighted by Gasteiger charge is -2.36. The number of aryl methyl sites for hydroxylation is 3. The predicted octanol–water partition coefficient (Wildman–Crippen LogP) is 3.81. The molecule has 26 heavy (non-hydrogen) atoms. The van der Waals surface area contributed by atoms with Gasteiger partial charge in [0.15, 0.2) is 0 Å². The van der Waals surface area contributed by atoms with Crippen molar-refractivity contribution < 1.29 is 0 Å². The Labute approximate surface area is 158 Å². The summed E-state index contributed by atoms with van der Waals surface area (Å²) in [7, 11) is 0. The van der Waals surface area contributed by atoms with Crippen LogP contribution >= 0.6 is 11.3 Å². The summed E-state index contributed by atoms with van der Waals surface area (Å²) in [6, 6.07) is 8.73. The van der Waals surface area contributed by atoms with Crippen LogP contribution < -0.4 is 4.90 Å². The second-order valence-corrected chi connectivity index (χ2v) is 8.51. The van der Waals surface area contributed by atoms with Gasteiger partial charge in [-0.15, -0.1) is 11.3 Å². The number of hydrogen-bond donors (Lipinski definition) is 0. The van der Waals surface area contributed by atoms with Crippen LogP contribution in [0.15, 0.2) is 30.6 Å². The number of aromatic nitrogens is 2. The molecule has 3 aromatic rings. The highest BCUT2D eigenvalue weighted by atomic mass is 32.1. The maximum atomic E-state index is 4.71. The number of rotatable bonds is 3. The summed E-state index contributed by atoms with van der Waals surface area (Å²) in [6.45, 7) is 7.53. The third-order valence-corrected chi connectivity index (χ3v) is 7.01. The number of anilines is 1. The standard InChI is InChI=1S/C21H24N4S/c1-15-5-2-3-6-16(15)13-24-9-11-25(12-10-24)20-19-17-7-4-8-18(17)26-21(19)23-14-22-20/h2-3,5-6,14H,4,7-13H2,1H3. The summed E-state index contributed by atoms with van der Waals surface area (Å²) < 4.78 is 0. The Morgan fingerprint density at radius 2 is 1.88 bits per heavy atom. The highest BCUT2D eigenvalue weighted by molar-refractivity contribution is 7.19. The monoisotopic (exact) mass is 364 g/mol. The molecule has 3 heterocycles. The Morgan fingerprint density at radius 3 is 2.73 bits per heavy atom. The van der Waals surface area contributed by atoms with Gasteiger partial charge in [-0.05, 0) is 42.9 Å². The molecule has 0 N–H and O–H groups in total. The Balaban J connectivity index is 1.35. The van der Waals surface area contributed by atoms with E-state index in [1.165, 1.54) is 52.0 Å². The van der Waals surface area contributed by atoms with Gasteiger partial charge < -0.3 is 4.90 Å². The van der Waals surface area contributed by atoms with Gasteiger partial charge in [0.25, 0.3) is 0 Å². The van der Waals surface area contributed by atoms with E-state index in [0.717, 1.165) is 32.7 Å². The Morgan fingerprint density at radius 1 is 1.04 bits per heavy atom. The average Bonchev–Trinajstić information content (AvgIpc) is 3.25. The minimum atomic E-state index is 1.04. The molecule has 2 aromatic heterocycles. The SMILES string of the molecule is Cc1ccccc1CN1CCN(c2ncnc3sc4c(c23)CCC4)CC1. The average molecular weight is 365 g/mol. The molecule has 0 atom stereocenters. The van der Waals surface area contributed by atoms with Gasteiger partial charge in [0, 0.05) is 37.6 Å². The number of benzene rings is 1. The first kappa shape index (κ1) is 16.2. The summed E-state index contributed by atoms with van der Waals surface area (Å²) in [5.74, 6) is 1.17. The molecule has 5 rings (SSSR count). The maximum Gasteiger partial charge on any atom is 0.141 e. The lowest BCUT2D eigenvalue weighted by atomic mass is 10.1. The normalized spacial score (nSPS) is 17.8. The van der Waals surface area contributed by atoms with Crippen molar-refractivity contribution in [2.75, 3.05) is 31.1 Å². The summed E-state index contributed by atoms with van der Waals surface area (Å²) in [5.41, 5.74) is 4.37. The first-order chi connectivity index (χ1) is 12.8. The first-order valence-corrected chi connectivity index (χ1v) is 10.4. The van der Waals surface area contributed by atoms with E-state index in [4.69, 9.17) is 4.98 Å². The highest BCUT2D eigenvalue weighted by Gasteiger charge is 2.25. The molecule has 0 unspecified atom stereocenters. The minimum Gasteiger partial charge on any atom is -0.353 e. The van der Waals surface area contributed by atoms with Gasteiger partial charge in [0.05, 0.1) is 5.39 Å². The Bertz CT molecular complexity index is 940. The van der Waals surface area contributed by atoms with Crippen LogP contribution in [-0.2, 0) is 19.4 Å². The Hall–Kier alpha value is -1.98. The zero-order chi connectivity index (χ0) is 17.5. The second-order valence-electron chi connectivity index (χ2n) is 7.42. The molecule has 134 valence electrons. The van der Waals surface area contributed by atoms with Crippen LogP contribution in [0.4, 0.5) is 5.82 Å². The lowest BCUT2D eigenvalue weighted by Crippen LogP contribution is -2.46. The van der Waals surface area contributed by atoms with E-state index in [-0.39, 0.29) is 0 Å². The van der Waals surface area contributed by atoms with E-state index < -0.39 is 0 Å². The van der Waals surface area contributed by atoms with Crippen LogP contribution in [0.25, 0.3) is 10.2 Å². The molecule has 1 aromatic carbocycles. The summed E-state index contributed by atoms with van der Waals surface area (Å²) in [5, 5.41) is 1.34. The number of fused-ring (bicyclic) bond motifs is 3. The van der Waals surface area contributed by atoms with Gasteiger partial charge in [-0.1, -0.05) is 24.3 Å². The third-order valence-electron chi connectivity index (χ3n) is 5.81. The molecule has 0 radical (unpaired) electrons. The van der Waals surface area contributed by atoms with Crippen LogP contribution in [-0.4, -0.2) is 41.0 Å². The molecule has 0 bridgehead atoms. The van der Waals surface area contributed by atoms with Gasteiger partial charge in [-0.25, -0.2) is 9.97 Å². The topological polar surface area (TPSA) is 32.3 Å². The molecule has 5 heteroatoms. The first-order valence-electron chi connectivity index (χ1n) is 9.56. The summed E-state index contributed by atoms with van der Waals surface area (Å²) in [4.78, 5) is 17.0. The number of hydrogen-bond acceptors (Lipinski definition) is 5. The number of thiophene rings is 1. The van der Waals surface area contributed by atoms with Crippen molar-refractivity contribution in [1.29, 1.82) is 0 Å². The van der Waals surface area contributed by atoms with Crippen LogP contribution in [0.3, 0.4) is 0 Å². The molecule has 1 saturated heterocycles. The van der Waals surface area contributed by atoms with E-state index in [2.05, 4.69) is 46.0 Å². The highest BCUT2D eigenvalue weighted by Crippen LogP contribution is 2.40. The molecule has 0 amide bonds. The molecular weight excluding hydrogens is 340 g/mol. The van der Waals surface area contributed by atoms with Crippen LogP contribution in [0.1, 0.15) is 28.0 Å². The van der Waals surface area contributed by atoms with Crippen molar-refractivity contribution >= 4 is 27.4 Å². The molecule has 4 nitrogen and oxygen atoms in total. The van der Waals surface area contributed by atoms with Crippen molar-refractivity contribution in [3.63, 3.8) is 0 Å². The minimum absolute atomic E-state index is 1.04. The molecule has 1 aliphatic carbocycles. The lowest BCUT2D eigenvalue weighted by molar-refractivity contribution is 0.249. The summed E-state index contributed by atoms with van der Waals surface area (Å²) in [6.07, 6.45) is 5.46. The number of piperazine rings is 1. The fraction of sp³-hybridized carbons (Fsp3) is 0.429. The largest absolute Gasteiger partial charge is 0.353 e. The fourth-order valence-electron chi connectivity index (χ4n) is 4.30. The Kier molecular flexibility index (Phi) is 4.14. The van der Waals surface area contributed by atoms with Crippen molar-refractivity contribution in [2.45, 2.75) is 32.7 Å². The molecule has 2 aliphatic rings. The zero-order valence-electron chi connectivity index (χ0n) is 15.2. The van der Waals surface area contributed by atoms with Crippen molar-refractivity contribution in [3.8, 4) is 0 Å². The van der Waals surface area contributed by atoms with Gasteiger partial charge in [-0.2, -0.15) is 0 Å². The van der Waals surface area contributed by atoms with Crippen LogP contribution in [0.5, 0.6) is 0 Å². The maximum absolute atomic E-state index is 4.71. The van der Waals surface area contributed by atoms with E-state index in [1.54, 1.807) is 11.2 Å². The number of nitrogens with zero attached hydrogens (tertiary/aromatic N) is 4. The van der Waals surface area contributed by atoms with Crippen LogP contribution in [0, 0.1) is 6.92 Å². The van der Waals surface area contributed by atoms with E-state index >= 15 is 0 Å². The van der Waals surface area contributed by atoms with Gasteiger partial charge in [-0.3, -0.25) is 4.90 Å². The molecular formula is C21H24N4S. The van der Waals surface area contributed by atoms with Crippen molar-refractivity contribution in [1.82, 2.24) is 14.9 Å². The zero-order valence-corrected chi connectivity index (χ0v) is 16.1. The fourth-order valence-corrected chi connectivity index (χ4v) is 5.52. The smallest absolute Gasteiger partial charge is 0.141 e. The van der Waals surface area contributed by atoms with E-state index in [1.807, 2.05) is 11.3 Å². The molecule has 1 aliphatic heterocycles. The van der Waals surface area contributed by atoms with Gasteiger partial charge in [0.2, 0.25) is 0 Å². The quantitative estimate of drug-likeness (QED) is 0.707. The van der Waals surface area contributed by atoms with Crippen LogP contribution in [0.2, 0.25) is 0 Å². The van der Waals surface area contributed by atoms with Crippen molar-refractivity contribution in [2.24, 2.45) is 0 Å². The molecule has 1 fully saturated rings. The molecule has 0 saturated carbocycles.